The van der Waals surface area contributed by atoms with Crippen LogP contribution in [0.3, 0.4) is 0 Å². The Morgan fingerprint density at radius 3 is 2.81 bits per heavy atom. The van der Waals surface area contributed by atoms with Crippen molar-refractivity contribution < 1.29 is 0 Å². The van der Waals surface area contributed by atoms with Crippen molar-refractivity contribution in [2.75, 3.05) is 11.9 Å². The van der Waals surface area contributed by atoms with Gasteiger partial charge in [-0.3, -0.25) is 4.79 Å². The van der Waals surface area contributed by atoms with E-state index < -0.39 is 0 Å². The zero-order valence-electron chi connectivity index (χ0n) is 10.2. The molecular weight excluding hydrogens is 202 g/mol. The lowest BCUT2D eigenvalue weighted by Crippen LogP contribution is -2.13. The summed E-state index contributed by atoms with van der Waals surface area (Å²) in [5.74, 6) is 1.43. The number of unbranched alkanes of at least 4 members (excludes halogenated alkanes) is 3. The zero-order chi connectivity index (χ0) is 11.8. The molecule has 4 nitrogen and oxygen atoms in total. The summed E-state index contributed by atoms with van der Waals surface area (Å²) in [6.45, 7) is 5.06. The van der Waals surface area contributed by atoms with Gasteiger partial charge in [-0.15, -0.1) is 0 Å². The molecule has 0 aromatic carbocycles. The number of aryl methyl sites for hydroxylation is 1. The standard InChI is InChI=1S/C12H21N3O/c1-3-5-6-7-8-13-11-9-12(16)15-10(4-2)14-11/h9H,3-8H2,1-2H3,(H2,13,14,15,16). The fraction of sp³-hybridized carbons (Fsp3) is 0.667. The number of nitrogens with one attached hydrogen (secondary N) is 2. The fourth-order valence-corrected chi connectivity index (χ4v) is 1.53. The first kappa shape index (κ1) is 12.7. The summed E-state index contributed by atoms with van der Waals surface area (Å²) < 4.78 is 0. The molecule has 0 bridgehead atoms. The van der Waals surface area contributed by atoms with Crippen LogP contribution in [0.2, 0.25) is 0 Å². The van der Waals surface area contributed by atoms with Crippen molar-refractivity contribution >= 4 is 5.82 Å². The third-order valence-electron chi connectivity index (χ3n) is 2.46. The molecule has 1 rings (SSSR count). The molecule has 0 aliphatic carbocycles. The van der Waals surface area contributed by atoms with Gasteiger partial charge in [0.15, 0.2) is 0 Å². The molecule has 2 N–H and O–H groups in total. The predicted molar refractivity (Wildman–Crippen MR) is 66.9 cm³/mol. The minimum Gasteiger partial charge on any atom is -0.370 e. The van der Waals surface area contributed by atoms with Gasteiger partial charge >= 0.3 is 0 Å². The summed E-state index contributed by atoms with van der Waals surface area (Å²) in [5.41, 5.74) is -0.0806. The lowest BCUT2D eigenvalue weighted by molar-refractivity contribution is 0.684. The number of rotatable bonds is 7. The van der Waals surface area contributed by atoms with Crippen LogP contribution in [0.15, 0.2) is 10.9 Å². The normalized spacial score (nSPS) is 10.4. The molecule has 0 atom stereocenters. The lowest BCUT2D eigenvalue weighted by Gasteiger charge is -2.05. The van der Waals surface area contributed by atoms with Crippen LogP contribution >= 0.6 is 0 Å². The number of aromatic amines is 1. The van der Waals surface area contributed by atoms with Gasteiger partial charge in [0.25, 0.3) is 5.56 Å². The first-order chi connectivity index (χ1) is 7.76. The van der Waals surface area contributed by atoms with Crippen LogP contribution in [0.1, 0.15) is 45.4 Å². The van der Waals surface area contributed by atoms with Crippen molar-refractivity contribution in [2.24, 2.45) is 0 Å². The summed E-state index contributed by atoms with van der Waals surface area (Å²) >= 11 is 0. The van der Waals surface area contributed by atoms with E-state index in [-0.39, 0.29) is 5.56 Å². The number of hydrogen-bond donors (Lipinski definition) is 2. The Hall–Kier alpha value is -1.32. The van der Waals surface area contributed by atoms with Gasteiger partial charge in [-0.05, 0) is 6.42 Å². The molecule has 0 aliphatic heterocycles. The van der Waals surface area contributed by atoms with E-state index in [0.29, 0.717) is 5.82 Å². The maximum atomic E-state index is 11.3. The molecule has 1 aromatic heterocycles. The molecule has 0 saturated carbocycles. The van der Waals surface area contributed by atoms with Gasteiger partial charge in [0.2, 0.25) is 0 Å². The number of hydrogen-bond acceptors (Lipinski definition) is 3. The van der Waals surface area contributed by atoms with Gasteiger partial charge in [0, 0.05) is 19.0 Å². The Balaban J connectivity index is 2.41. The Kier molecular flexibility index (Phi) is 5.61. The van der Waals surface area contributed by atoms with Gasteiger partial charge in [-0.1, -0.05) is 33.1 Å². The molecule has 0 spiro atoms. The quantitative estimate of drug-likeness (QED) is 0.697. The maximum Gasteiger partial charge on any atom is 0.252 e. The second kappa shape index (κ2) is 7.04. The highest BCUT2D eigenvalue weighted by Crippen LogP contribution is 2.02. The van der Waals surface area contributed by atoms with Gasteiger partial charge in [0.05, 0.1) is 0 Å². The van der Waals surface area contributed by atoms with Gasteiger partial charge in [-0.25, -0.2) is 4.98 Å². The van der Waals surface area contributed by atoms with Crippen LogP contribution < -0.4 is 10.9 Å². The highest BCUT2D eigenvalue weighted by atomic mass is 16.1. The zero-order valence-corrected chi connectivity index (χ0v) is 10.2. The molecule has 0 saturated heterocycles. The Morgan fingerprint density at radius 1 is 1.31 bits per heavy atom. The molecular formula is C12H21N3O. The Labute approximate surface area is 96.5 Å². The Morgan fingerprint density at radius 2 is 2.12 bits per heavy atom. The van der Waals surface area contributed by atoms with Gasteiger partial charge in [0.1, 0.15) is 11.6 Å². The molecule has 0 radical (unpaired) electrons. The topological polar surface area (TPSA) is 57.8 Å². The van der Waals surface area contributed by atoms with Crippen molar-refractivity contribution in [1.29, 1.82) is 0 Å². The largest absolute Gasteiger partial charge is 0.370 e. The molecule has 1 heterocycles. The number of H-pyrrole nitrogens is 1. The SMILES string of the molecule is CCCCCCNc1cc(=O)[nH]c(CC)n1. The Bertz CT molecular complexity index is 360. The molecule has 0 unspecified atom stereocenters. The monoisotopic (exact) mass is 223 g/mol. The number of nitrogens with zero attached hydrogens (tertiary/aromatic N) is 1. The van der Waals surface area contributed by atoms with Crippen LogP contribution in [-0.2, 0) is 6.42 Å². The second-order valence-corrected chi connectivity index (χ2v) is 3.92. The first-order valence-corrected chi connectivity index (χ1v) is 6.10. The summed E-state index contributed by atoms with van der Waals surface area (Å²) in [7, 11) is 0. The van der Waals surface area contributed by atoms with E-state index in [1.165, 1.54) is 25.3 Å². The molecule has 1 aromatic rings. The van der Waals surface area contributed by atoms with Crippen LogP contribution in [0, 0.1) is 0 Å². The number of aromatic nitrogens is 2. The molecule has 0 fully saturated rings. The minimum absolute atomic E-state index is 0.0806. The third kappa shape index (κ3) is 4.47. The summed E-state index contributed by atoms with van der Waals surface area (Å²) in [6, 6.07) is 1.51. The highest BCUT2D eigenvalue weighted by Gasteiger charge is 1.98. The van der Waals surface area contributed by atoms with E-state index in [9.17, 15) is 4.79 Å². The van der Waals surface area contributed by atoms with E-state index in [1.807, 2.05) is 6.92 Å². The third-order valence-corrected chi connectivity index (χ3v) is 2.46. The smallest absolute Gasteiger partial charge is 0.252 e. The van der Waals surface area contributed by atoms with Crippen LogP contribution in [0.25, 0.3) is 0 Å². The van der Waals surface area contributed by atoms with E-state index >= 15 is 0 Å². The van der Waals surface area contributed by atoms with E-state index in [1.54, 1.807) is 0 Å². The second-order valence-electron chi connectivity index (χ2n) is 3.92. The van der Waals surface area contributed by atoms with Crippen molar-refractivity contribution in [2.45, 2.75) is 46.0 Å². The summed E-state index contributed by atoms with van der Waals surface area (Å²) in [6.07, 6.45) is 5.62. The average Bonchev–Trinajstić information content (AvgIpc) is 2.28. The molecule has 16 heavy (non-hydrogen) atoms. The van der Waals surface area contributed by atoms with Crippen LogP contribution in [0.4, 0.5) is 5.82 Å². The van der Waals surface area contributed by atoms with Gasteiger partial charge in [-0.2, -0.15) is 0 Å². The van der Waals surface area contributed by atoms with Gasteiger partial charge < -0.3 is 10.3 Å². The average molecular weight is 223 g/mol. The number of anilines is 1. The van der Waals surface area contributed by atoms with Crippen molar-refractivity contribution in [1.82, 2.24) is 9.97 Å². The molecule has 0 amide bonds. The molecule has 0 aliphatic rings. The van der Waals surface area contributed by atoms with Crippen molar-refractivity contribution in [3.63, 3.8) is 0 Å². The van der Waals surface area contributed by atoms with E-state index in [0.717, 1.165) is 25.2 Å². The summed E-state index contributed by atoms with van der Waals surface area (Å²) in [5, 5.41) is 3.19. The van der Waals surface area contributed by atoms with Crippen molar-refractivity contribution in [3.8, 4) is 0 Å². The summed E-state index contributed by atoms with van der Waals surface area (Å²) in [4.78, 5) is 18.3. The maximum absolute atomic E-state index is 11.3. The van der Waals surface area contributed by atoms with E-state index in [2.05, 4.69) is 22.2 Å². The predicted octanol–water partition coefficient (Wildman–Crippen LogP) is 2.32. The van der Waals surface area contributed by atoms with Crippen LogP contribution in [0.5, 0.6) is 0 Å². The van der Waals surface area contributed by atoms with E-state index in [4.69, 9.17) is 0 Å². The first-order valence-electron chi connectivity index (χ1n) is 6.10. The highest BCUT2D eigenvalue weighted by molar-refractivity contribution is 5.32. The molecule has 4 heteroatoms. The molecule has 90 valence electrons. The van der Waals surface area contributed by atoms with Crippen LogP contribution in [-0.4, -0.2) is 16.5 Å². The lowest BCUT2D eigenvalue weighted by atomic mass is 10.2. The van der Waals surface area contributed by atoms with Crippen molar-refractivity contribution in [3.05, 3.63) is 22.2 Å². The minimum atomic E-state index is -0.0806. The fourth-order valence-electron chi connectivity index (χ4n) is 1.53.